The van der Waals surface area contributed by atoms with Gasteiger partial charge in [-0.15, -0.1) is 6.58 Å². The number of likely N-dealkylation sites (tertiary alicyclic amines) is 1. The predicted molar refractivity (Wildman–Crippen MR) is 96.4 cm³/mol. The molecule has 1 aromatic carbocycles. The van der Waals surface area contributed by atoms with Crippen LogP contribution in [0.1, 0.15) is 18.9 Å². The summed E-state index contributed by atoms with van der Waals surface area (Å²) in [4.78, 5) is 26.8. The number of carbonyl (C=O) groups excluding carboxylic acids is 1. The Hall–Kier alpha value is -2.40. The van der Waals surface area contributed by atoms with Crippen molar-refractivity contribution in [2.24, 2.45) is 11.8 Å². The molecule has 3 aliphatic heterocycles. The van der Waals surface area contributed by atoms with E-state index < -0.39 is 29.5 Å². The molecule has 3 heterocycles. The van der Waals surface area contributed by atoms with Gasteiger partial charge < -0.3 is 14.7 Å². The van der Waals surface area contributed by atoms with Gasteiger partial charge in [0.2, 0.25) is 5.91 Å². The molecule has 0 unspecified atom stereocenters. The third-order valence-corrected chi connectivity index (χ3v) is 5.84. The van der Waals surface area contributed by atoms with Gasteiger partial charge in [0.05, 0.1) is 18.1 Å². The van der Waals surface area contributed by atoms with Crippen LogP contribution in [-0.2, 0) is 20.7 Å². The number of amides is 1. The molecule has 3 aliphatic rings. The molecule has 0 saturated carbocycles. The first-order valence-corrected chi connectivity index (χ1v) is 9.03. The Morgan fingerprint density at radius 3 is 2.73 bits per heavy atom. The highest BCUT2D eigenvalue weighted by Crippen LogP contribution is 2.55. The maximum absolute atomic E-state index is 13.2. The molecule has 0 aromatic heterocycles. The van der Waals surface area contributed by atoms with Crippen molar-refractivity contribution in [1.82, 2.24) is 4.90 Å². The van der Waals surface area contributed by atoms with Crippen molar-refractivity contribution in [3.8, 4) is 0 Å². The molecule has 5 heteroatoms. The second kappa shape index (κ2) is 6.09. The van der Waals surface area contributed by atoms with Gasteiger partial charge in [-0.1, -0.05) is 48.1 Å². The summed E-state index contributed by atoms with van der Waals surface area (Å²) >= 11 is 0. The molecule has 5 nitrogen and oxygen atoms in total. The van der Waals surface area contributed by atoms with E-state index in [1.807, 2.05) is 54.3 Å². The standard InChI is InChI=1S/C21H23NO4/c1-13(2)12-16-21-10-8-15(26-21)17(20(24)25)18(21)19(23)22(16)11-9-14-6-4-3-5-7-14/h3-8,10,15-18H,1,9,11-12H2,2H3,(H,24,25)/t15-,16+,17-,18+,21+/m0/s1. The minimum atomic E-state index is -0.960. The van der Waals surface area contributed by atoms with E-state index in [0.717, 1.165) is 17.6 Å². The van der Waals surface area contributed by atoms with Crippen LogP contribution in [0.5, 0.6) is 0 Å². The van der Waals surface area contributed by atoms with Crippen LogP contribution < -0.4 is 0 Å². The topological polar surface area (TPSA) is 66.8 Å². The third-order valence-electron chi connectivity index (χ3n) is 5.84. The largest absolute Gasteiger partial charge is 0.481 e. The Bertz CT molecular complexity index is 786. The van der Waals surface area contributed by atoms with Gasteiger partial charge in [0, 0.05) is 6.54 Å². The fraction of sp³-hybridized carbons (Fsp3) is 0.429. The maximum Gasteiger partial charge on any atom is 0.310 e. The molecule has 4 rings (SSSR count). The second-order valence-electron chi connectivity index (χ2n) is 7.58. The van der Waals surface area contributed by atoms with Crippen LogP contribution in [0.15, 0.2) is 54.6 Å². The van der Waals surface area contributed by atoms with Crippen molar-refractivity contribution in [1.29, 1.82) is 0 Å². The zero-order valence-corrected chi connectivity index (χ0v) is 14.8. The Kier molecular flexibility index (Phi) is 3.99. The summed E-state index contributed by atoms with van der Waals surface area (Å²) in [7, 11) is 0. The lowest BCUT2D eigenvalue weighted by atomic mass is 9.74. The highest BCUT2D eigenvalue weighted by atomic mass is 16.5. The van der Waals surface area contributed by atoms with Crippen molar-refractivity contribution < 1.29 is 19.4 Å². The molecule has 2 bridgehead atoms. The summed E-state index contributed by atoms with van der Waals surface area (Å²) in [6.45, 7) is 6.49. The number of fused-ring (bicyclic) bond motifs is 1. The van der Waals surface area contributed by atoms with Gasteiger partial charge in [-0.3, -0.25) is 9.59 Å². The molecule has 0 radical (unpaired) electrons. The highest BCUT2D eigenvalue weighted by Gasteiger charge is 2.70. The van der Waals surface area contributed by atoms with Gasteiger partial charge >= 0.3 is 5.97 Å². The van der Waals surface area contributed by atoms with Gasteiger partial charge in [0.25, 0.3) is 0 Å². The van der Waals surface area contributed by atoms with Crippen LogP contribution >= 0.6 is 0 Å². The van der Waals surface area contributed by atoms with Gasteiger partial charge in [-0.2, -0.15) is 0 Å². The predicted octanol–water partition coefficient (Wildman–Crippen LogP) is 2.43. The number of ether oxygens (including phenoxy) is 1. The van der Waals surface area contributed by atoms with E-state index in [4.69, 9.17) is 4.74 Å². The number of benzene rings is 1. The lowest BCUT2D eigenvalue weighted by Gasteiger charge is -2.33. The Morgan fingerprint density at radius 2 is 2.08 bits per heavy atom. The maximum atomic E-state index is 13.2. The van der Waals surface area contributed by atoms with E-state index >= 15 is 0 Å². The zero-order chi connectivity index (χ0) is 18.5. The number of nitrogens with zero attached hydrogens (tertiary/aromatic N) is 1. The minimum Gasteiger partial charge on any atom is -0.481 e. The van der Waals surface area contributed by atoms with E-state index in [1.54, 1.807) is 0 Å². The second-order valence-corrected chi connectivity index (χ2v) is 7.58. The smallest absolute Gasteiger partial charge is 0.310 e. The van der Waals surface area contributed by atoms with Crippen molar-refractivity contribution in [3.05, 3.63) is 60.2 Å². The van der Waals surface area contributed by atoms with Crippen LogP contribution in [0, 0.1) is 11.8 Å². The van der Waals surface area contributed by atoms with Crippen molar-refractivity contribution in [3.63, 3.8) is 0 Å². The molecule has 5 atom stereocenters. The molecular weight excluding hydrogens is 330 g/mol. The molecule has 0 aliphatic carbocycles. The van der Waals surface area contributed by atoms with Crippen LogP contribution in [0.2, 0.25) is 0 Å². The Morgan fingerprint density at radius 1 is 1.35 bits per heavy atom. The fourth-order valence-corrected chi connectivity index (χ4v) is 4.76. The minimum absolute atomic E-state index is 0.105. The first kappa shape index (κ1) is 17.0. The third kappa shape index (κ3) is 2.42. The summed E-state index contributed by atoms with van der Waals surface area (Å²) in [5.74, 6) is -2.51. The molecular formula is C21H23NO4. The van der Waals surface area contributed by atoms with Crippen LogP contribution in [-0.4, -0.2) is 46.2 Å². The first-order valence-electron chi connectivity index (χ1n) is 9.03. The van der Waals surface area contributed by atoms with Crippen molar-refractivity contribution >= 4 is 11.9 Å². The Labute approximate surface area is 152 Å². The monoisotopic (exact) mass is 353 g/mol. The molecule has 1 aromatic rings. The Balaban J connectivity index is 1.65. The quantitative estimate of drug-likeness (QED) is 0.798. The number of rotatable bonds is 6. The van der Waals surface area contributed by atoms with Crippen molar-refractivity contribution in [2.75, 3.05) is 6.54 Å². The van der Waals surface area contributed by atoms with E-state index in [9.17, 15) is 14.7 Å². The zero-order valence-electron chi connectivity index (χ0n) is 14.8. The molecule has 1 N–H and O–H groups in total. The molecule has 26 heavy (non-hydrogen) atoms. The summed E-state index contributed by atoms with van der Waals surface area (Å²) in [5.41, 5.74) is 1.28. The molecule has 1 spiro atoms. The van der Waals surface area contributed by atoms with Gasteiger partial charge in [-0.25, -0.2) is 0 Å². The number of carboxylic acid groups (broad SMARTS) is 1. The van der Waals surface area contributed by atoms with E-state index in [1.165, 1.54) is 0 Å². The summed E-state index contributed by atoms with van der Waals surface area (Å²) in [5, 5.41) is 9.66. The highest BCUT2D eigenvalue weighted by molar-refractivity contribution is 5.91. The molecule has 1 amide bonds. The average Bonchev–Trinajstić information content (AvgIpc) is 3.24. The van der Waals surface area contributed by atoms with E-state index in [2.05, 4.69) is 6.58 Å². The van der Waals surface area contributed by atoms with Gasteiger partial charge in [0.1, 0.15) is 11.5 Å². The van der Waals surface area contributed by atoms with Crippen molar-refractivity contribution in [2.45, 2.75) is 37.5 Å². The van der Waals surface area contributed by atoms with Crippen LogP contribution in [0.4, 0.5) is 0 Å². The fourth-order valence-electron chi connectivity index (χ4n) is 4.76. The first-order chi connectivity index (χ1) is 12.4. The number of carboxylic acids is 1. The molecule has 136 valence electrons. The number of hydrogen-bond donors (Lipinski definition) is 1. The summed E-state index contributed by atoms with van der Waals surface area (Å²) in [6.07, 6.45) is 4.57. The van der Waals surface area contributed by atoms with E-state index in [0.29, 0.717) is 13.0 Å². The van der Waals surface area contributed by atoms with E-state index in [-0.39, 0.29) is 11.9 Å². The summed E-state index contributed by atoms with van der Waals surface area (Å²) in [6, 6.07) is 9.80. The SMILES string of the molecule is C=C(C)C[C@H]1N(CCc2ccccc2)C(=O)[C@H]2[C@@H](C(=O)O)[C@@H]3C=C[C@]21O3. The number of hydrogen-bond acceptors (Lipinski definition) is 3. The lowest BCUT2D eigenvalue weighted by molar-refractivity contribution is -0.148. The van der Waals surface area contributed by atoms with Crippen LogP contribution in [0.25, 0.3) is 0 Å². The average molecular weight is 353 g/mol. The molecule has 2 fully saturated rings. The van der Waals surface area contributed by atoms with Crippen LogP contribution in [0.3, 0.4) is 0 Å². The number of aliphatic carboxylic acids is 1. The normalized spacial score (nSPS) is 34.3. The lowest BCUT2D eigenvalue weighted by Crippen LogP contribution is -2.45. The number of carbonyl (C=O) groups is 2. The van der Waals surface area contributed by atoms with Gasteiger partial charge in [-0.05, 0) is 25.3 Å². The van der Waals surface area contributed by atoms with Gasteiger partial charge in [0.15, 0.2) is 0 Å². The molecule has 2 saturated heterocycles. The summed E-state index contributed by atoms with van der Waals surface area (Å²) < 4.78 is 6.13.